The van der Waals surface area contributed by atoms with Crippen molar-refractivity contribution in [1.82, 2.24) is 15.1 Å². The van der Waals surface area contributed by atoms with E-state index in [1.165, 1.54) is 12.0 Å². The highest BCUT2D eigenvalue weighted by molar-refractivity contribution is 5.80. The number of amides is 2. The molecule has 0 atom stereocenters. The van der Waals surface area contributed by atoms with Crippen molar-refractivity contribution in [1.29, 1.82) is 0 Å². The van der Waals surface area contributed by atoms with Crippen LogP contribution < -0.4 is 5.32 Å². The summed E-state index contributed by atoms with van der Waals surface area (Å²) >= 11 is 0. The van der Waals surface area contributed by atoms with Crippen LogP contribution in [0.3, 0.4) is 0 Å². The summed E-state index contributed by atoms with van der Waals surface area (Å²) in [5, 5.41) is 11.6. The molecule has 0 aromatic rings. The van der Waals surface area contributed by atoms with Gasteiger partial charge in [0.15, 0.2) is 0 Å². The SMILES string of the molecule is COCCN(CC(=O)O)C(=O)NCCC1CCN(C)CC1. The quantitative estimate of drug-likeness (QED) is 0.681. The van der Waals surface area contributed by atoms with Gasteiger partial charge in [0.2, 0.25) is 0 Å². The third-order valence-electron chi connectivity index (χ3n) is 3.85. The molecule has 0 saturated carbocycles. The molecule has 0 aromatic carbocycles. The van der Waals surface area contributed by atoms with Crippen molar-refractivity contribution >= 4 is 12.0 Å². The van der Waals surface area contributed by atoms with Crippen molar-refractivity contribution in [3.8, 4) is 0 Å². The summed E-state index contributed by atoms with van der Waals surface area (Å²) in [7, 11) is 3.65. The van der Waals surface area contributed by atoms with Crippen LogP contribution in [-0.4, -0.2) is 80.4 Å². The van der Waals surface area contributed by atoms with E-state index in [2.05, 4.69) is 17.3 Å². The average molecular weight is 301 g/mol. The van der Waals surface area contributed by atoms with Gasteiger partial charge in [-0.2, -0.15) is 0 Å². The maximum absolute atomic E-state index is 12.0. The molecule has 1 aliphatic rings. The minimum Gasteiger partial charge on any atom is -0.480 e. The molecule has 0 radical (unpaired) electrons. The molecular formula is C14H27N3O4. The van der Waals surface area contributed by atoms with Gasteiger partial charge in [0, 0.05) is 20.2 Å². The maximum Gasteiger partial charge on any atom is 0.323 e. The van der Waals surface area contributed by atoms with Crippen LogP contribution in [0.5, 0.6) is 0 Å². The zero-order valence-electron chi connectivity index (χ0n) is 13.0. The van der Waals surface area contributed by atoms with Crippen LogP contribution >= 0.6 is 0 Å². The van der Waals surface area contributed by atoms with Gasteiger partial charge in [-0.05, 0) is 45.3 Å². The molecule has 1 aliphatic heterocycles. The Morgan fingerprint density at radius 2 is 2.05 bits per heavy atom. The van der Waals surface area contributed by atoms with Gasteiger partial charge in [-0.15, -0.1) is 0 Å². The van der Waals surface area contributed by atoms with E-state index in [1.54, 1.807) is 0 Å². The van der Waals surface area contributed by atoms with Crippen LogP contribution in [0.2, 0.25) is 0 Å². The molecule has 1 heterocycles. The predicted octanol–water partition coefficient (Wildman–Crippen LogP) is 0.461. The number of rotatable bonds is 8. The predicted molar refractivity (Wildman–Crippen MR) is 79.3 cm³/mol. The number of piperidine rings is 1. The van der Waals surface area contributed by atoms with Crippen molar-refractivity contribution < 1.29 is 19.4 Å². The number of ether oxygens (including phenoxy) is 1. The largest absolute Gasteiger partial charge is 0.480 e. The second-order valence-electron chi connectivity index (χ2n) is 5.58. The summed E-state index contributed by atoms with van der Waals surface area (Å²) in [5.74, 6) is -0.370. The molecule has 0 unspecified atom stereocenters. The molecule has 1 rings (SSSR count). The van der Waals surface area contributed by atoms with Gasteiger partial charge in [-0.3, -0.25) is 4.79 Å². The van der Waals surface area contributed by atoms with E-state index in [1.807, 2.05) is 0 Å². The number of hydrogen-bond donors (Lipinski definition) is 2. The molecule has 0 spiro atoms. The number of aliphatic carboxylic acids is 1. The van der Waals surface area contributed by atoms with Gasteiger partial charge in [-0.25, -0.2) is 4.79 Å². The number of urea groups is 1. The van der Waals surface area contributed by atoms with Crippen LogP contribution in [0.1, 0.15) is 19.3 Å². The van der Waals surface area contributed by atoms with Gasteiger partial charge >= 0.3 is 12.0 Å². The zero-order valence-corrected chi connectivity index (χ0v) is 13.0. The average Bonchev–Trinajstić information content (AvgIpc) is 2.45. The second kappa shape index (κ2) is 9.57. The first-order valence-corrected chi connectivity index (χ1v) is 7.45. The minimum atomic E-state index is -1.02. The van der Waals surface area contributed by atoms with Gasteiger partial charge < -0.3 is 25.0 Å². The lowest BCUT2D eigenvalue weighted by Crippen LogP contribution is -2.45. The fourth-order valence-electron chi connectivity index (χ4n) is 2.46. The summed E-state index contributed by atoms with van der Waals surface area (Å²) < 4.78 is 4.89. The lowest BCUT2D eigenvalue weighted by atomic mass is 9.94. The molecule has 0 aliphatic carbocycles. The van der Waals surface area contributed by atoms with Crippen LogP contribution in [0.15, 0.2) is 0 Å². The third kappa shape index (κ3) is 7.29. The van der Waals surface area contributed by atoms with Crippen molar-refractivity contribution in [3.63, 3.8) is 0 Å². The van der Waals surface area contributed by atoms with Gasteiger partial charge in [0.05, 0.1) is 6.61 Å². The Bertz CT molecular complexity index is 330. The smallest absolute Gasteiger partial charge is 0.323 e. The lowest BCUT2D eigenvalue weighted by molar-refractivity contribution is -0.137. The summed E-state index contributed by atoms with van der Waals surface area (Å²) in [6.07, 6.45) is 3.27. The van der Waals surface area contributed by atoms with Gasteiger partial charge in [0.1, 0.15) is 6.54 Å². The number of nitrogens with zero attached hydrogens (tertiary/aromatic N) is 2. The lowest BCUT2D eigenvalue weighted by Gasteiger charge is -2.29. The first kappa shape index (κ1) is 17.7. The molecule has 2 N–H and O–H groups in total. The molecule has 1 saturated heterocycles. The Hall–Kier alpha value is -1.34. The normalized spacial score (nSPS) is 16.7. The molecule has 0 aromatic heterocycles. The van der Waals surface area contributed by atoms with E-state index < -0.39 is 5.97 Å². The number of nitrogens with one attached hydrogen (secondary N) is 1. The molecule has 0 bridgehead atoms. The van der Waals surface area contributed by atoms with Crippen molar-refractivity contribution in [2.75, 3.05) is 53.5 Å². The van der Waals surface area contributed by atoms with Gasteiger partial charge in [0.25, 0.3) is 0 Å². The number of hydrogen-bond acceptors (Lipinski definition) is 4. The number of carbonyl (C=O) groups excluding carboxylic acids is 1. The fourth-order valence-corrected chi connectivity index (χ4v) is 2.46. The zero-order chi connectivity index (χ0) is 15.7. The number of carbonyl (C=O) groups is 2. The third-order valence-corrected chi connectivity index (χ3v) is 3.85. The van der Waals surface area contributed by atoms with Gasteiger partial charge in [-0.1, -0.05) is 0 Å². The Balaban J connectivity index is 2.27. The number of methoxy groups -OCH3 is 1. The van der Waals surface area contributed by atoms with Crippen LogP contribution in [0.25, 0.3) is 0 Å². The van der Waals surface area contributed by atoms with E-state index >= 15 is 0 Å². The van der Waals surface area contributed by atoms with E-state index in [9.17, 15) is 9.59 Å². The molecule has 2 amide bonds. The minimum absolute atomic E-state index is 0.281. The summed E-state index contributed by atoms with van der Waals surface area (Å²) in [6, 6.07) is -0.331. The summed E-state index contributed by atoms with van der Waals surface area (Å²) in [4.78, 5) is 26.3. The monoisotopic (exact) mass is 301 g/mol. The van der Waals surface area contributed by atoms with Crippen LogP contribution in [0.4, 0.5) is 4.79 Å². The maximum atomic E-state index is 12.0. The number of carboxylic acid groups (broad SMARTS) is 1. The molecule has 7 heteroatoms. The molecule has 1 fully saturated rings. The Morgan fingerprint density at radius 1 is 1.38 bits per heavy atom. The van der Waals surface area contributed by atoms with E-state index in [4.69, 9.17) is 9.84 Å². The molecular weight excluding hydrogens is 274 g/mol. The topological polar surface area (TPSA) is 82.1 Å². The second-order valence-corrected chi connectivity index (χ2v) is 5.58. The highest BCUT2D eigenvalue weighted by atomic mass is 16.5. The van der Waals surface area contributed by atoms with E-state index in [-0.39, 0.29) is 19.1 Å². The standard InChI is InChI=1S/C14H27N3O4/c1-16-7-4-12(5-8-16)3-6-15-14(20)17(9-10-21-2)11-13(18)19/h12H,3-11H2,1-2H3,(H,15,20)(H,18,19). The summed E-state index contributed by atoms with van der Waals surface area (Å²) in [6.45, 7) is 3.12. The molecule has 122 valence electrons. The molecule has 21 heavy (non-hydrogen) atoms. The van der Waals surface area contributed by atoms with E-state index in [0.29, 0.717) is 19.1 Å². The molecule has 7 nitrogen and oxygen atoms in total. The van der Waals surface area contributed by atoms with Crippen LogP contribution in [0, 0.1) is 5.92 Å². The number of likely N-dealkylation sites (tertiary alicyclic amines) is 1. The Kier molecular flexibility index (Phi) is 8.07. The number of carboxylic acids is 1. The van der Waals surface area contributed by atoms with Crippen LogP contribution in [-0.2, 0) is 9.53 Å². The van der Waals surface area contributed by atoms with E-state index in [0.717, 1.165) is 32.4 Å². The van der Waals surface area contributed by atoms with Crippen molar-refractivity contribution in [2.45, 2.75) is 19.3 Å². The van der Waals surface area contributed by atoms with Crippen molar-refractivity contribution in [3.05, 3.63) is 0 Å². The summed E-state index contributed by atoms with van der Waals surface area (Å²) in [5.41, 5.74) is 0. The Morgan fingerprint density at radius 3 is 2.62 bits per heavy atom. The highest BCUT2D eigenvalue weighted by Crippen LogP contribution is 2.18. The Labute approximate surface area is 126 Å². The first-order valence-electron chi connectivity index (χ1n) is 7.45. The van der Waals surface area contributed by atoms with Crippen molar-refractivity contribution in [2.24, 2.45) is 5.92 Å². The fraction of sp³-hybridized carbons (Fsp3) is 0.857. The highest BCUT2D eigenvalue weighted by Gasteiger charge is 2.18. The first-order chi connectivity index (χ1) is 10.0.